The normalized spacial score (nSPS) is 18.9. The minimum atomic E-state index is -2.97. The molecule has 19 heavy (non-hydrogen) atoms. The Kier molecular flexibility index (Phi) is 4.41. The van der Waals surface area contributed by atoms with Gasteiger partial charge in [-0.15, -0.1) is 0 Å². The first-order chi connectivity index (χ1) is 9.00. The highest BCUT2D eigenvalue weighted by atomic mass is 35.5. The maximum atomic E-state index is 11.6. The van der Waals surface area contributed by atoms with Gasteiger partial charge in [0.05, 0.1) is 18.1 Å². The highest BCUT2D eigenvalue weighted by Gasteiger charge is 2.21. The smallest absolute Gasteiger partial charge is 0.322 e. The summed E-state index contributed by atoms with van der Waals surface area (Å²) in [6.07, 6.45) is 0.551. The summed E-state index contributed by atoms with van der Waals surface area (Å²) >= 11 is 5.81. The zero-order chi connectivity index (χ0) is 13.9. The van der Waals surface area contributed by atoms with Gasteiger partial charge in [-0.3, -0.25) is 0 Å². The Hall–Kier alpha value is -1.15. The molecule has 1 saturated heterocycles. The van der Waals surface area contributed by atoms with Crippen molar-refractivity contribution in [3.63, 3.8) is 0 Å². The van der Waals surface area contributed by atoms with E-state index in [9.17, 15) is 8.42 Å². The van der Waals surface area contributed by atoms with Crippen LogP contribution in [-0.2, 0) is 9.84 Å². The quantitative estimate of drug-likeness (QED) is 0.806. The molecule has 9 heteroatoms. The van der Waals surface area contributed by atoms with E-state index in [1.54, 1.807) is 4.90 Å². The van der Waals surface area contributed by atoms with Gasteiger partial charge in [0.25, 0.3) is 0 Å². The first-order valence-electron chi connectivity index (χ1n) is 6.00. The van der Waals surface area contributed by atoms with Crippen molar-refractivity contribution in [3.8, 4) is 6.01 Å². The SMILES string of the molecule is CCOc1nc(Cl)nc(N2CCCS(=O)(=O)CC2)n1. The molecule has 0 atom stereocenters. The van der Waals surface area contributed by atoms with E-state index in [0.29, 0.717) is 32.1 Å². The molecule has 0 amide bonds. The van der Waals surface area contributed by atoms with Crippen molar-refractivity contribution in [1.82, 2.24) is 15.0 Å². The number of hydrogen-bond acceptors (Lipinski definition) is 7. The van der Waals surface area contributed by atoms with E-state index >= 15 is 0 Å². The average Bonchev–Trinajstić information content (AvgIpc) is 2.50. The van der Waals surface area contributed by atoms with Crippen LogP contribution in [0.4, 0.5) is 5.95 Å². The lowest BCUT2D eigenvalue weighted by atomic mass is 10.4. The van der Waals surface area contributed by atoms with Crippen LogP contribution in [-0.4, -0.2) is 54.6 Å². The Morgan fingerprint density at radius 2 is 2.05 bits per heavy atom. The highest BCUT2D eigenvalue weighted by Crippen LogP contribution is 2.17. The summed E-state index contributed by atoms with van der Waals surface area (Å²) in [5, 5.41) is 0.0422. The first kappa shape index (κ1) is 14.3. The fourth-order valence-electron chi connectivity index (χ4n) is 1.80. The second-order valence-electron chi connectivity index (χ2n) is 4.11. The molecule has 1 aliphatic heterocycles. The Morgan fingerprint density at radius 1 is 1.26 bits per heavy atom. The van der Waals surface area contributed by atoms with E-state index in [1.807, 2.05) is 6.92 Å². The number of hydrogen-bond donors (Lipinski definition) is 0. The summed E-state index contributed by atoms with van der Waals surface area (Å²) < 4.78 is 28.3. The number of anilines is 1. The summed E-state index contributed by atoms with van der Waals surface area (Å²) in [4.78, 5) is 13.8. The lowest BCUT2D eigenvalue weighted by Gasteiger charge is -2.19. The fraction of sp³-hybridized carbons (Fsp3) is 0.700. The monoisotopic (exact) mass is 306 g/mol. The van der Waals surface area contributed by atoms with Crippen LogP contribution < -0.4 is 9.64 Å². The fourth-order valence-corrected chi connectivity index (χ4v) is 3.22. The summed E-state index contributed by atoms with van der Waals surface area (Å²) in [5.74, 6) is 0.654. The van der Waals surface area contributed by atoms with Crippen molar-refractivity contribution < 1.29 is 13.2 Å². The summed E-state index contributed by atoms with van der Waals surface area (Å²) in [7, 11) is -2.97. The molecule has 0 aromatic carbocycles. The van der Waals surface area contributed by atoms with Gasteiger partial charge >= 0.3 is 6.01 Å². The van der Waals surface area contributed by atoms with Gasteiger partial charge in [-0.2, -0.15) is 15.0 Å². The minimum absolute atomic E-state index is 0.0422. The maximum Gasteiger partial charge on any atom is 0.322 e. The summed E-state index contributed by atoms with van der Waals surface area (Å²) in [6.45, 7) is 3.17. The van der Waals surface area contributed by atoms with Gasteiger partial charge in [0.2, 0.25) is 11.2 Å². The second-order valence-corrected chi connectivity index (χ2v) is 6.75. The van der Waals surface area contributed by atoms with E-state index in [2.05, 4.69) is 15.0 Å². The van der Waals surface area contributed by atoms with Crippen LogP contribution in [0.25, 0.3) is 0 Å². The van der Waals surface area contributed by atoms with Gasteiger partial charge in [-0.25, -0.2) is 8.42 Å². The van der Waals surface area contributed by atoms with Crippen LogP contribution in [0.3, 0.4) is 0 Å². The maximum absolute atomic E-state index is 11.6. The number of sulfone groups is 1. The molecule has 0 bridgehead atoms. The number of rotatable bonds is 3. The number of nitrogens with zero attached hydrogens (tertiary/aromatic N) is 4. The summed E-state index contributed by atoms with van der Waals surface area (Å²) in [6, 6.07) is 0.157. The Bertz CT molecular complexity index is 552. The molecule has 2 rings (SSSR count). The van der Waals surface area contributed by atoms with E-state index in [-0.39, 0.29) is 22.8 Å². The largest absolute Gasteiger partial charge is 0.464 e. The molecular weight excluding hydrogens is 292 g/mol. The molecule has 1 aliphatic rings. The average molecular weight is 307 g/mol. The molecule has 7 nitrogen and oxygen atoms in total. The van der Waals surface area contributed by atoms with Crippen molar-refractivity contribution >= 4 is 27.4 Å². The molecular formula is C10H15ClN4O3S. The molecule has 0 N–H and O–H groups in total. The molecule has 1 aromatic heterocycles. The molecule has 1 aromatic rings. The molecule has 0 radical (unpaired) electrons. The highest BCUT2D eigenvalue weighted by molar-refractivity contribution is 7.91. The van der Waals surface area contributed by atoms with E-state index in [4.69, 9.17) is 16.3 Å². The lowest BCUT2D eigenvalue weighted by Crippen LogP contribution is -2.28. The molecule has 2 heterocycles. The van der Waals surface area contributed by atoms with Gasteiger partial charge in [-0.1, -0.05) is 0 Å². The van der Waals surface area contributed by atoms with Gasteiger partial charge in [-0.05, 0) is 24.9 Å². The van der Waals surface area contributed by atoms with E-state index in [0.717, 1.165) is 0 Å². The van der Waals surface area contributed by atoms with Crippen LogP contribution in [0.5, 0.6) is 6.01 Å². The third-order valence-electron chi connectivity index (χ3n) is 2.69. The number of halogens is 1. The van der Waals surface area contributed by atoms with Crippen LogP contribution in [0.1, 0.15) is 13.3 Å². The van der Waals surface area contributed by atoms with Gasteiger partial charge in [0.15, 0.2) is 9.84 Å². The van der Waals surface area contributed by atoms with Crippen LogP contribution >= 0.6 is 11.6 Å². The Labute approximate surface area is 116 Å². The molecule has 0 spiro atoms. The van der Waals surface area contributed by atoms with Crippen molar-refractivity contribution in [2.75, 3.05) is 36.1 Å². The predicted octanol–water partition coefficient (Wildman–Crippen LogP) is 0.549. The third kappa shape index (κ3) is 3.90. The zero-order valence-electron chi connectivity index (χ0n) is 10.5. The predicted molar refractivity (Wildman–Crippen MR) is 71.5 cm³/mol. The molecule has 0 unspecified atom stereocenters. The van der Waals surface area contributed by atoms with E-state index in [1.165, 1.54) is 0 Å². The van der Waals surface area contributed by atoms with Gasteiger partial charge < -0.3 is 9.64 Å². The van der Waals surface area contributed by atoms with Gasteiger partial charge in [0.1, 0.15) is 0 Å². The second kappa shape index (κ2) is 5.87. The van der Waals surface area contributed by atoms with Crippen molar-refractivity contribution in [1.29, 1.82) is 0 Å². The minimum Gasteiger partial charge on any atom is -0.464 e. The van der Waals surface area contributed by atoms with Crippen LogP contribution in [0.2, 0.25) is 5.28 Å². The van der Waals surface area contributed by atoms with Crippen LogP contribution in [0.15, 0.2) is 0 Å². The third-order valence-corrected chi connectivity index (χ3v) is 4.57. The van der Waals surface area contributed by atoms with Crippen molar-refractivity contribution in [2.45, 2.75) is 13.3 Å². The van der Waals surface area contributed by atoms with Crippen molar-refractivity contribution in [3.05, 3.63) is 5.28 Å². The molecule has 0 saturated carbocycles. The molecule has 106 valence electrons. The number of ether oxygens (including phenoxy) is 1. The van der Waals surface area contributed by atoms with Gasteiger partial charge in [0, 0.05) is 13.1 Å². The van der Waals surface area contributed by atoms with Crippen molar-refractivity contribution in [2.24, 2.45) is 0 Å². The first-order valence-corrected chi connectivity index (χ1v) is 8.20. The summed E-state index contributed by atoms with van der Waals surface area (Å²) in [5.41, 5.74) is 0. The topological polar surface area (TPSA) is 85.3 Å². The van der Waals surface area contributed by atoms with Crippen LogP contribution in [0, 0.1) is 0 Å². The molecule has 1 fully saturated rings. The Morgan fingerprint density at radius 3 is 2.79 bits per heavy atom. The molecule has 0 aliphatic carbocycles. The van der Waals surface area contributed by atoms with E-state index < -0.39 is 9.84 Å². The standard InChI is InChI=1S/C10H15ClN4O3S/c1-2-18-10-13-8(11)12-9(14-10)15-4-3-6-19(16,17)7-5-15/h2-7H2,1H3. The zero-order valence-corrected chi connectivity index (χ0v) is 12.1. The Balaban J connectivity index is 2.21. The lowest BCUT2D eigenvalue weighted by molar-refractivity contribution is 0.311. The number of aromatic nitrogens is 3.